The summed E-state index contributed by atoms with van der Waals surface area (Å²) < 4.78 is 29.0. The molecule has 0 radical (unpaired) electrons. The molecule has 112 valence electrons. The van der Waals surface area contributed by atoms with E-state index >= 15 is 0 Å². The van der Waals surface area contributed by atoms with Gasteiger partial charge < -0.3 is 15.4 Å². The van der Waals surface area contributed by atoms with Gasteiger partial charge in [0, 0.05) is 23.7 Å². The van der Waals surface area contributed by atoms with Gasteiger partial charge in [0.05, 0.1) is 6.04 Å². The number of benzene rings is 1. The number of hydrogen-bond donors (Lipinski definition) is 2. The molecule has 1 aromatic carbocycles. The zero-order valence-corrected chi connectivity index (χ0v) is 12.0. The average Bonchev–Trinajstić information content (AvgIpc) is 2.38. The van der Waals surface area contributed by atoms with Gasteiger partial charge >= 0.3 is 6.61 Å². The summed E-state index contributed by atoms with van der Waals surface area (Å²) in [6.45, 7) is 1.32. The number of ether oxygens (including phenoxy) is 1. The summed E-state index contributed by atoms with van der Waals surface area (Å²) in [4.78, 5) is 11.5. The Morgan fingerprint density at radius 3 is 2.75 bits per heavy atom. The van der Waals surface area contributed by atoms with Crippen molar-refractivity contribution in [2.75, 3.05) is 6.54 Å². The van der Waals surface area contributed by atoms with Crippen LogP contribution < -0.4 is 15.4 Å². The summed E-state index contributed by atoms with van der Waals surface area (Å²) in [5, 5.41) is 6.00. The monoisotopic (exact) mass is 306 g/mol. The first-order valence-electron chi connectivity index (χ1n) is 6.18. The lowest BCUT2D eigenvalue weighted by Crippen LogP contribution is -2.41. The summed E-state index contributed by atoms with van der Waals surface area (Å²) in [6, 6.07) is 3.92. The lowest BCUT2D eigenvalue weighted by molar-refractivity contribution is -0.122. The van der Waals surface area contributed by atoms with E-state index in [-0.39, 0.29) is 18.2 Å². The Bertz CT molecular complexity index is 458. The van der Waals surface area contributed by atoms with Crippen molar-refractivity contribution in [3.63, 3.8) is 0 Å². The summed E-state index contributed by atoms with van der Waals surface area (Å²) in [6.07, 6.45) is 0. The molecule has 0 aliphatic rings. The molecule has 1 atom stereocenters. The Hall–Kier alpha value is -1.40. The predicted molar refractivity (Wildman–Crippen MR) is 73.1 cm³/mol. The Kier molecular flexibility index (Phi) is 6.67. The number of carbonyl (C=O) groups excluding carboxylic acids is 1. The average molecular weight is 307 g/mol. The van der Waals surface area contributed by atoms with Crippen LogP contribution >= 0.6 is 11.6 Å². The SMILES string of the molecule is CCNC(=O)C(C)NCc1cc(Cl)ccc1OC(F)F. The molecule has 0 saturated carbocycles. The number of rotatable bonds is 7. The smallest absolute Gasteiger partial charge is 0.387 e. The fourth-order valence-electron chi connectivity index (χ4n) is 1.58. The lowest BCUT2D eigenvalue weighted by Gasteiger charge is -2.15. The van der Waals surface area contributed by atoms with E-state index in [9.17, 15) is 13.6 Å². The molecule has 0 aromatic heterocycles. The Balaban J connectivity index is 2.70. The Morgan fingerprint density at radius 1 is 1.45 bits per heavy atom. The van der Waals surface area contributed by atoms with Crippen LogP contribution in [-0.2, 0) is 11.3 Å². The van der Waals surface area contributed by atoms with Crippen LogP contribution in [0.3, 0.4) is 0 Å². The zero-order chi connectivity index (χ0) is 15.1. The van der Waals surface area contributed by atoms with Gasteiger partial charge in [0.1, 0.15) is 5.75 Å². The second-order valence-electron chi connectivity index (χ2n) is 4.13. The molecule has 1 amide bonds. The maximum Gasteiger partial charge on any atom is 0.387 e. The van der Waals surface area contributed by atoms with Gasteiger partial charge in [-0.3, -0.25) is 4.79 Å². The zero-order valence-electron chi connectivity index (χ0n) is 11.3. The number of amides is 1. The van der Waals surface area contributed by atoms with Crippen molar-refractivity contribution in [3.05, 3.63) is 28.8 Å². The van der Waals surface area contributed by atoms with Gasteiger partial charge in [0.25, 0.3) is 0 Å². The van der Waals surface area contributed by atoms with Crippen molar-refractivity contribution in [1.29, 1.82) is 0 Å². The molecule has 0 saturated heterocycles. The molecule has 1 aromatic rings. The number of halogens is 3. The van der Waals surface area contributed by atoms with E-state index in [0.717, 1.165) is 0 Å². The van der Waals surface area contributed by atoms with E-state index in [1.165, 1.54) is 18.2 Å². The van der Waals surface area contributed by atoms with Gasteiger partial charge in [-0.2, -0.15) is 8.78 Å². The molecule has 0 aliphatic carbocycles. The topological polar surface area (TPSA) is 50.4 Å². The minimum absolute atomic E-state index is 0.0417. The van der Waals surface area contributed by atoms with Gasteiger partial charge in [-0.25, -0.2) is 0 Å². The molecule has 0 aliphatic heterocycles. The van der Waals surface area contributed by atoms with Gasteiger partial charge in [0.2, 0.25) is 5.91 Å². The molecular formula is C13H17ClF2N2O2. The largest absolute Gasteiger partial charge is 0.434 e. The standard InChI is InChI=1S/C13H17ClF2N2O2/c1-3-17-12(19)8(2)18-7-9-6-10(14)4-5-11(9)20-13(15)16/h4-6,8,13,18H,3,7H2,1-2H3,(H,17,19). The van der Waals surface area contributed by atoms with Crippen molar-refractivity contribution in [2.24, 2.45) is 0 Å². The number of alkyl halides is 2. The first-order chi connectivity index (χ1) is 9.43. The molecule has 0 heterocycles. The summed E-state index contributed by atoms with van der Waals surface area (Å²) in [5.41, 5.74) is 0.467. The van der Waals surface area contributed by atoms with Crippen molar-refractivity contribution in [1.82, 2.24) is 10.6 Å². The van der Waals surface area contributed by atoms with Crippen molar-refractivity contribution in [2.45, 2.75) is 33.0 Å². The third-order valence-corrected chi connectivity index (χ3v) is 2.82. The maximum atomic E-state index is 12.3. The van der Waals surface area contributed by atoms with Crippen molar-refractivity contribution in [3.8, 4) is 5.75 Å². The van der Waals surface area contributed by atoms with Gasteiger partial charge in [-0.1, -0.05) is 11.6 Å². The molecule has 20 heavy (non-hydrogen) atoms. The third-order valence-electron chi connectivity index (χ3n) is 2.58. The summed E-state index contributed by atoms with van der Waals surface area (Å²) in [7, 11) is 0. The Morgan fingerprint density at radius 2 is 2.15 bits per heavy atom. The van der Waals surface area contributed by atoms with E-state index in [0.29, 0.717) is 17.1 Å². The highest BCUT2D eigenvalue weighted by Crippen LogP contribution is 2.24. The van der Waals surface area contributed by atoms with Gasteiger partial charge in [-0.05, 0) is 32.0 Å². The quantitative estimate of drug-likeness (QED) is 0.814. The van der Waals surface area contributed by atoms with Gasteiger partial charge in [-0.15, -0.1) is 0 Å². The van der Waals surface area contributed by atoms with Crippen LogP contribution in [0.2, 0.25) is 5.02 Å². The second-order valence-corrected chi connectivity index (χ2v) is 4.56. The van der Waals surface area contributed by atoms with E-state index in [4.69, 9.17) is 11.6 Å². The van der Waals surface area contributed by atoms with Crippen LogP contribution in [0.4, 0.5) is 8.78 Å². The van der Waals surface area contributed by atoms with Gasteiger partial charge in [0.15, 0.2) is 0 Å². The number of hydrogen-bond acceptors (Lipinski definition) is 3. The van der Waals surface area contributed by atoms with E-state index in [1.807, 2.05) is 6.92 Å². The summed E-state index contributed by atoms with van der Waals surface area (Å²) >= 11 is 5.83. The minimum Gasteiger partial charge on any atom is -0.434 e. The first-order valence-corrected chi connectivity index (χ1v) is 6.56. The number of carbonyl (C=O) groups is 1. The van der Waals surface area contributed by atoms with E-state index < -0.39 is 12.7 Å². The maximum absolute atomic E-state index is 12.3. The van der Waals surface area contributed by atoms with Crippen LogP contribution in [0.15, 0.2) is 18.2 Å². The van der Waals surface area contributed by atoms with Crippen molar-refractivity contribution >= 4 is 17.5 Å². The third kappa shape index (κ3) is 5.30. The molecule has 0 fully saturated rings. The Labute approximate surface area is 121 Å². The predicted octanol–water partition coefficient (Wildman–Crippen LogP) is 2.56. The lowest BCUT2D eigenvalue weighted by atomic mass is 10.2. The van der Waals surface area contributed by atoms with Crippen molar-refractivity contribution < 1.29 is 18.3 Å². The fraction of sp³-hybridized carbons (Fsp3) is 0.462. The van der Waals surface area contributed by atoms with Crippen LogP contribution in [0.5, 0.6) is 5.75 Å². The van der Waals surface area contributed by atoms with E-state index in [1.54, 1.807) is 6.92 Å². The molecule has 4 nitrogen and oxygen atoms in total. The second kappa shape index (κ2) is 8.01. The minimum atomic E-state index is -2.91. The molecule has 0 bridgehead atoms. The van der Waals surface area contributed by atoms with E-state index in [2.05, 4.69) is 15.4 Å². The molecule has 0 spiro atoms. The molecular weight excluding hydrogens is 290 g/mol. The molecule has 7 heteroatoms. The molecule has 2 N–H and O–H groups in total. The fourth-order valence-corrected chi connectivity index (χ4v) is 1.77. The highest BCUT2D eigenvalue weighted by molar-refractivity contribution is 6.30. The normalized spacial score (nSPS) is 12.3. The van der Waals surface area contributed by atoms with Crippen LogP contribution in [0.25, 0.3) is 0 Å². The summed E-state index contributed by atoms with van der Waals surface area (Å²) in [5.74, 6) is -0.120. The first kappa shape index (κ1) is 16.7. The van der Waals surface area contributed by atoms with Crippen LogP contribution in [0.1, 0.15) is 19.4 Å². The van der Waals surface area contributed by atoms with Crippen LogP contribution in [0, 0.1) is 0 Å². The van der Waals surface area contributed by atoms with Crippen LogP contribution in [-0.4, -0.2) is 25.1 Å². The number of likely N-dealkylation sites (N-methyl/N-ethyl adjacent to an activating group) is 1. The highest BCUT2D eigenvalue weighted by atomic mass is 35.5. The molecule has 1 rings (SSSR count). The number of nitrogens with one attached hydrogen (secondary N) is 2. The highest BCUT2D eigenvalue weighted by Gasteiger charge is 2.14. The molecule has 1 unspecified atom stereocenters.